The van der Waals surface area contributed by atoms with E-state index in [0.717, 1.165) is 0 Å². The quantitative estimate of drug-likeness (QED) is 0.385. The van der Waals surface area contributed by atoms with E-state index in [-0.39, 0.29) is 0 Å². The second-order valence-corrected chi connectivity index (χ2v) is 6.91. The van der Waals surface area contributed by atoms with Crippen LogP contribution in [-0.2, 0) is 0 Å². The van der Waals surface area contributed by atoms with Crippen LogP contribution in [0.1, 0.15) is 13.8 Å². The molecule has 0 amide bonds. The number of hydrogen-bond acceptors (Lipinski definition) is 1. The molecular formula is C25H23N. The summed E-state index contributed by atoms with van der Waals surface area (Å²) in [5.41, 5.74) is 4.94. The van der Waals surface area contributed by atoms with Crippen LogP contribution in [-0.4, -0.2) is 6.04 Å². The molecule has 0 saturated carbocycles. The van der Waals surface area contributed by atoms with Crippen LogP contribution in [0.15, 0.2) is 97.1 Å². The Kier molecular flexibility index (Phi) is 4.45. The number of hydrogen-bond donors (Lipinski definition) is 0. The zero-order valence-corrected chi connectivity index (χ0v) is 15.3. The average molecular weight is 337 g/mol. The normalized spacial score (nSPS) is 11.0. The molecule has 1 nitrogen and oxygen atoms in total. The number of benzene rings is 4. The summed E-state index contributed by atoms with van der Waals surface area (Å²) in [5.74, 6) is 0. The van der Waals surface area contributed by atoms with E-state index < -0.39 is 0 Å². The van der Waals surface area contributed by atoms with Crippen molar-refractivity contribution in [2.75, 3.05) is 4.90 Å². The molecule has 4 aromatic carbocycles. The van der Waals surface area contributed by atoms with Gasteiger partial charge in [-0.2, -0.15) is 0 Å². The van der Waals surface area contributed by atoms with Crippen molar-refractivity contribution in [2.45, 2.75) is 19.9 Å². The second kappa shape index (κ2) is 7.05. The fraction of sp³-hybridized carbons (Fsp3) is 0.120. The van der Waals surface area contributed by atoms with E-state index in [4.69, 9.17) is 0 Å². The maximum atomic E-state index is 2.39. The minimum atomic E-state index is 0.374. The van der Waals surface area contributed by atoms with Crippen molar-refractivity contribution < 1.29 is 0 Å². The van der Waals surface area contributed by atoms with Gasteiger partial charge in [-0.3, -0.25) is 0 Å². The predicted octanol–water partition coefficient (Wildman–Crippen LogP) is 7.05. The summed E-state index contributed by atoms with van der Waals surface area (Å²) in [6.45, 7) is 4.47. The van der Waals surface area contributed by atoms with Crippen molar-refractivity contribution in [3.63, 3.8) is 0 Å². The third-order valence-electron chi connectivity index (χ3n) is 4.78. The van der Waals surface area contributed by atoms with Crippen LogP contribution >= 0.6 is 0 Å². The lowest BCUT2D eigenvalue weighted by Gasteiger charge is -2.29. The molecule has 0 aliphatic carbocycles. The number of nitrogens with zero attached hydrogens (tertiary/aromatic N) is 1. The van der Waals surface area contributed by atoms with Gasteiger partial charge in [-0.15, -0.1) is 0 Å². The van der Waals surface area contributed by atoms with E-state index >= 15 is 0 Å². The second-order valence-electron chi connectivity index (χ2n) is 6.91. The lowest BCUT2D eigenvalue weighted by atomic mass is 10.0. The molecule has 1 heteroatoms. The van der Waals surface area contributed by atoms with Gasteiger partial charge in [-0.05, 0) is 60.0 Å². The van der Waals surface area contributed by atoms with Crippen molar-refractivity contribution in [2.24, 2.45) is 0 Å². The van der Waals surface area contributed by atoms with Gasteiger partial charge in [0.25, 0.3) is 0 Å². The van der Waals surface area contributed by atoms with E-state index in [9.17, 15) is 0 Å². The largest absolute Gasteiger partial charge is 0.339 e. The highest BCUT2D eigenvalue weighted by Crippen LogP contribution is 2.32. The van der Waals surface area contributed by atoms with E-state index in [0.29, 0.717) is 6.04 Å². The summed E-state index contributed by atoms with van der Waals surface area (Å²) >= 11 is 0. The van der Waals surface area contributed by atoms with Crippen molar-refractivity contribution in [3.05, 3.63) is 97.1 Å². The predicted molar refractivity (Wildman–Crippen MR) is 113 cm³/mol. The third kappa shape index (κ3) is 3.21. The summed E-state index contributed by atoms with van der Waals surface area (Å²) < 4.78 is 0. The molecule has 128 valence electrons. The zero-order chi connectivity index (χ0) is 17.9. The molecule has 0 aliphatic rings. The molecule has 4 aromatic rings. The minimum Gasteiger partial charge on any atom is -0.339 e. The van der Waals surface area contributed by atoms with Gasteiger partial charge in [-0.1, -0.05) is 72.8 Å². The Morgan fingerprint density at radius 2 is 1.12 bits per heavy atom. The fourth-order valence-corrected chi connectivity index (χ4v) is 3.52. The molecule has 0 unspecified atom stereocenters. The van der Waals surface area contributed by atoms with Gasteiger partial charge >= 0.3 is 0 Å². The molecule has 0 spiro atoms. The number of rotatable bonds is 4. The van der Waals surface area contributed by atoms with E-state index in [1.165, 1.54) is 33.3 Å². The standard InChI is InChI=1S/C25H23N/c1-19(2)26(25-17-14-21-10-6-7-11-23(21)18-25)24-15-12-22(13-16-24)20-8-4-3-5-9-20/h3-19H,1-2H3. The first-order chi connectivity index (χ1) is 12.7. The first kappa shape index (κ1) is 16.4. The monoisotopic (exact) mass is 337 g/mol. The molecule has 4 rings (SSSR count). The maximum absolute atomic E-state index is 2.39. The molecule has 0 radical (unpaired) electrons. The molecular weight excluding hydrogens is 314 g/mol. The lowest BCUT2D eigenvalue weighted by Crippen LogP contribution is -2.25. The Labute approximate surface area is 155 Å². The minimum absolute atomic E-state index is 0.374. The summed E-state index contributed by atoms with van der Waals surface area (Å²) in [7, 11) is 0. The molecule has 0 aromatic heterocycles. The molecule has 0 N–H and O–H groups in total. The summed E-state index contributed by atoms with van der Waals surface area (Å²) in [5, 5.41) is 2.55. The Morgan fingerprint density at radius 3 is 1.81 bits per heavy atom. The van der Waals surface area contributed by atoms with E-state index in [1.807, 2.05) is 0 Å². The van der Waals surface area contributed by atoms with E-state index in [2.05, 4.69) is 116 Å². The Bertz CT molecular complexity index is 1000. The smallest absolute Gasteiger partial charge is 0.0419 e. The SMILES string of the molecule is CC(C)N(c1ccc(-c2ccccc2)cc1)c1ccc2ccccc2c1. The molecule has 0 aliphatic heterocycles. The first-order valence-corrected chi connectivity index (χ1v) is 9.16. The van der Waals surface area contributed by atoms with Crippen LogP contribution in [0.2, 0.25) is 0 Å². The Balaban J connectivity index is 1.72. The van der Waals surface area contributed by atoms with Crippen molar-refractivity contribution in [3.8, 4) is 11.1 Å². The van der Waals surface area contributed by atoms with Crippen LogP contribution in [0.4, 0.5) is 11.4 Å². The maximum Gasteiger partial charge on any atom is 0.0419 e. The first-order valence-electron chi connectivity index (χ1n) is 9.16. The number of fused-ring (bicyclic) bond motifs is 1. The molecule has 0 fully saturated rings. The summed E-state index contributed by atoms with van der Waals surface area (Å²) in [6, 6.07) is 35.0. The highest BCUT2D eigenvalue weighted by molar-refractivity contribution is 5.87. The van der Waals surface area contributed by atoms with Crippen molar-refractivity contribution in [1.29, 1.82) is 0 Å². The van der Waals surface area contributed by atoms with Gasteiger partial charge in [0.15, 0.2) is 0 Å². The van der Waals surface area contributed by atoms with Gasteiger partial charge in [0.05, 0.1) is 0 Å². The Hall–Kier alpha value is -3.06. The fourth-order valence-electron chi connectivity index (χ4n) is 3.52. The average Bonchev–Trinajstić information content (AvgIpc) is 2.69. The van der Waals surface area contributed by atoms with Gasteiger partial charge < -0.3 is 4.90 Å². The van der Waals surface area contributed by atoms with Crippen LogP contribution in [0.5, 0.6) is 0 Å². The van der Waals surface area contributed by atoms with Crippen molar-refractivity contribution >= 4 is 22.1 Å². The van der Waals surface area contributed by atoms with Gasteiger partial charge in [0, 0.05) is 17.4 Å². The van der Waals surface area contributed by atoms with Gasteiger partial charge in [0.1, 0.15) is 0 Å². The molecule has 0 atom stereocenters. The van der Waals surface area contributed by atoms with Crippen LogP contribution in [0, 0.1) is 0 Å². The van der Waals surface area contributed by atoms with Crippen LogP contribution < -0.4 is 4.90 Å². The van der Waals surface area contributed by atoms with Crippen LogP contribution in [0.25, 0.3) is 21.9 Å². The molecule has 26 heavy (non-hydrogen) atoms. The Morgan fingerprint density at radius 1 is 0.538 bits per heavy atom. The zero-order valence-electron chi connectivity index (χ0n) is 15.3. The lowest BCUT2D eigenvalue weighted by molar-refractivity contribution is 0.789. The third-order valence-corrected chi connectivity index (χ3v) is 4.78. The highest BCUT2D eigenvalue weighted by atomic mass is 15.2. The van der Waals surface area contributed by atoms with Gasteiger partial charge in [0.2, 0.25) is 0 Å². The molecule has 0 heterocycles. The van der Waals surface area contributed by atoms with Crippen molar-refractivity contribution in [1.82, 2.24) is 0 Å². The van der Waals surface area contributed by atoms with E-state index in [1.54, 1.807) is 0 Å². The molecule has 0 bridgehead atoms. The number of anilines is 2. The topological polar surface area (TPSA) is 3.24 Å². The highest BCUT2D eigenvalue weighted by Gasteiger charge is 2.13. The summed E-state index contributed by atoms with van der Waals surface area (Å²) in [6.07, 6.45) is 0. The molecule has 0 saturated heterocycles. The van der Waals surface area contributed by atoms with Crippen LogP contribution in [0.3, 0.4) is 0 Å². The summed E-state index contributed by atoms with van der Waals surface area (Å²) in [4.78, 5) is 2.39. The van der Waals surface area contributed by atoms with Gasteiger partial charge in [-0.25, -0.2) is 0 Å².